The van der Waals surface area contributed by atoms with Gasteiger partial charge in [-0.2, -0.15) is 0 Å². The fourth-order valence-corrected chi connectivity index (χ4v) is 2.31. The first-order valence-corrected chi connectivity index (χ1v) is 6.74. The smallest absolute Gasteiger partial charge is 0.339 e. The maximum Gasteiger partial charge on any atom is 0.339 e. The molecule has 0 bridgehead atoms. The average molecular weight is 296 g/mol. The summed E-state index contributed by atoms with van der Waals surface area (Å²) in [4.78, 5) is 11.5. The van der Waals surface area contributed by atoms with E-state index in [0.717, 1.165) is 18.4 Å². The molecule has 0 atom stereocenters. The molecule has 116 valence electrons. The first kappa shape index (κ1) is 15.6. The minimum Gasteiger partial charge on any atom is -0.478 e. The molecule has 0 heterocycles. The van der Waals surface area contributed by atoms with Gasteiger partial charge in [0.1, 0.15) is 17.1 Å². The molecular weight excluding hydrogens is 276 g/mol. The zero-order valence-electron chi connectivity index (χ0n) is 12.5. The Morgan fingerprint density at radius 1 is 1.24 bits per heavy atom. The summed E-state index contributed by atoms with van der Waals surface area (Å²) in [6.07, 6.45) is 1.99. The second-order valence-corrected chi connectivity index (χ2v) is 4.99. The Balaban J connectivity index is 2.52. The van der Waals surface area contributed by atoms with Crippen molar-refractivity contribution in [1.29, 1.82) is 0 Å². The van der Waals surface area contributed by atoms with Gasteiger partial charge < -0.3 is 24.1 Å². The van der Waals surface area contributed by atoms with Crippen LogP contribution >= 0.6 is 0 Å². The number of benzene rings is 1. The zero-order chi connectivity index (χ0) is 15.4. The largest absolute Gasteiger partial charge is 0.478 e. The fraction of sp³-hybridized carbons (Fsp3) is 0.533. The first-order chi connectivity index (χ1) is 10.1. The van der Waals surface area contributed by atoms with Crippen molar-refractivity contribution in [1.82, 2.24) is 0 Å². The Morgan fingerprint density at radius 3 is 2.38 bits per heavy atom. The lowest BCUT2D eigenvalue weighted by Gasteiger charge is -2.19. The van der Waals surface area contributed by atoms with E-state index in [-0.39, 0.29) is 25.1 Å². The van der Waals surface area contributed by atoms with E-state index in [9.17, 15) is 9.90 Å². The lowest BCUT2D eigenvalue weighted by atomic mass is 9.99. The zero-order valence-corrected chi connectivity index (χ0v) is 12.5. The summed E-state index contributed by atoms with van der Waals surface area (Å²) < 4.78 is 21.0. The van der Waals surface area contributed by atoms with E-state index >= 15 is 0 Å². The average Bonchev–Trinajstić information content (AvgIpc) is 3.26. The number of carboxylic acids is 1. The molecule has 1 aliphatic rings. The molecule has 1 N–H and O–H groups in total. The molecule has 2 rings (SSSR count). The van der Waals surface area contributed by atoms with Crippen LogP contribution < -0.4 is 9.47 Å². The summed E-state index contributed by atoms with van der Waals surface area (Å²) in [5, 5.41) is 9.45. The topological polar surface area (TPSA) is 74.2 Å². The number of aryl methyl sites for hydroxylation is 1. The Kier molecular flexibility index (Phi) is 5.03. The van der Waals surface area contributed by atoms with Crippen LogP contribution in [0, 0.1) is 6.92 Å². The van der Waals surface area contributed by atoms with Crippen LogP contribution in [0.4, 0.5) is 0 Å². The van der Waals surface area contributed by atoms with Gasteiger partial charge in [0.25, 0.3) is 0 Å². The second-order valence-electron chi connectivity index (χ2n) is 4.99. The third-order valence-corrected chi connectivity index (χ3v) is 3.33. The third kappa shape index (κ3) is 3.46. The quantitative estimate of drug-likeness (QED) is 0.743. The summed E-state index contributed by atoms with van der Waals surface area (Å²) in [7, 11) is 3.03. The Morgan fingerprint density at radius 2 is 1.86 bits per heavy atom. The van der Waals surface area contributed by atoms with Gasteiger partial charge in [-0.25, -0.2) is 4.79 Å². The summed E-state index contributed by atoms with van der Waals surface area (Å²) in [5.41, 5.74) is 1.55. The molecule has 6 nitrogen and oxygen atoms in total. The Hall–Kier alpha value is -1.79. The predicted molar refractivity (Wildman–Crippen MR) is 75.1 cm³/mol. The highest BCUT2D eigenvalue weighted by molar-refractivity contribution is 5.94. The lowest BCUT2D eigenvalue weighted by Crippen LogP contribution is -2.12. The molecule has 21 heavy (non-hydrogen) atoms. The fourth-order valence-electron chi connectivity index (χ4n) is 2.31. The SMILES string of the molecule is COCOc1cc(C)c(C(=O)O)c(OCOC)c1C1CC1. The molecule has 0 aromatic heterocycles. The van der Waals surface area contributed by atoms with Crippen molar-refractivity contribution < 1.29 is 28.8 Å². The van der Waals surface area contributed by atoms with Gasteiger partial charge in [-0.05, 0) is 37.3 Å². The minimum atomic E-state index is -1.02. The molecular formula is C15H20O6. The molecule has 0 unspecified atom stereocenters. The van der Waals surface area contributed by atoms with Gasteiger partial charge in [0.2, 0.25) is 0 Å². The normalized spacial score (nSPS) is 14.0. The molecule has 0 saturated heterocycles. The van der Waals surface area contributed by atoms with Crippen LogP contribution in [0.1, 0.15) is 40.2 Å². The van der Waals surface area contributed by atoms with Gasteiger partial charge in [0, 0.05) is 19.8 Å². The van der Waals surface area contributed by atoms with Crippen LogP contribution in [0.15, 0.2) is 6.07 Å². The van der Waals surface area contributed by atoms with E-state index < -0.39 is 5.97 Å². The Bertz CT molecular complexity index is 521. The third-order valence-electron chi connectivity index (χ3n) is 3.33. The molecule has 0 amide bonds. The van der Waals surface area contributed by atoms with E-state index in [1.54, 1.807) is 13.0 Å². The van der Waals surface area contributed by atoms with Crippen LogP contribution in [-0.2, 0) is 9.47 Å². The number of ether oxygens (including phenoxy) is 4. The van der Waals surface area contributed by atoms with Crippen molar-refractivity contribution in [2.45, 2.75) is 25.7 Å². The molecule has 0 spiro atoms. The standard InChI is InChI=1S/C15H20O6/c1-9-6-11(20-7-18-2)13(10-4-5-10)14(21-8-19-3)12(9)15(16)17/h6,10H,4-5,7-8H2,1-3H3,(H,16,17). The number of hydrogen-bond donors (Lipinski definition) is 1. The summed E-state index contributed by atoms with van der Waals surface area (Å²) in [6, 6.07) is 1.73. The van der Waals surface area contributed by atoms with Crippen LogP contribution in [0.5, 0.6) is 11.5 Å². The van der Waals surface area contributed by atoms with Crippen molar-refractivity contribution in [3.8, 4) is 11.5 Å². The van der Waals surface area contributed by atoms with Crippen LogP contribution in [0.3, 0.4) is 0 Å². The number of methoxy groups -OCH3 is 2. The van der Waals surface area contributed by atoms with Crippen molar-refractivity contribution in [2.24, 2.45) is 0 Å². The van der Waals surface area contributed by atoms with Crippen molar-refractivity contribution in [2.75, 3.05) is 27.8 Å². The molecule has 1 aromatic rings. The van der Waals surface area contributed by atoms with Crippen LogP contribution in [0.2, 0.25) is 0 Å². The molecule has 1 aliphatic carbocycles. The first-order valence-electron chi connectivity index (χ1n) is 6.74. The summed E-state index contributed by atoms with van der Waals surface area (Å²) >= 11 is 0. The van der Waals surface area contributed by atoms with E-state index in [0.29, 0.717) is 17.1 Å². The van der Waals surface area contributed by atoms with Gasteiger partial charge in [0.15, 0.2) is 13.6 Å². The predicted octanol–water partition coefficient (Wildman–Crippen LogP) is 2.54. The molecule has 1 saturated carbocycles. The minimum absolute atomic E-state index is 0.00677. The van der Waals surface area contributed by atoms with Gasteiger partial charge in [-0.3, -0.25) is 0 Å². The molecule has 0 radical (unpaired) electrons. The number of hydrogen-bond acceptors (Lipinski definition) is 5. The van der Waals surface area contributed by atoms with Crippen molar-refractivity contribution >= 4 is 5.97 Å². The summed E-state index contributed by atoms with van der Waals surface area (Å²) in [6.45, 7) is 1.82. The van der Waals surface area contributed by atoms with E-state index in [1.807, 2.05) is 0 Å². The second kappa shape index (κ2) is 6.78. The molecule has 1 aromatic carbocycles. The van der Waals surface area contributed by atoms with Crippen LogP contribution in [0.25, 0.3) is 0 Å². The molecule has 1 fully saturated rings. The maximum atomic E-state index is 11.5. The molecule has 0 aliphatic heterocycles. The van der Waals surface area contributed by atoms with E-state index in [4.69, 9.17) is 18.9 Å². The van der Waals surface area contributed by atoms with Gasteiger partial charge >= 0.3 is 5.97 Å². The highest BCUT2D eigenvalue weighted by Gasteiger charge is 2.34. The maximum absolute atomic E-state index is 11.5. The lowest BCUT2D eigenvalue weighted by molar-refractivity contribution is 0.0431. The monoisotopic (exact) mass is 296 g/mol. The molecule has 6 heteroatoms. The van der Waals surface area contributed by atoms with Crippen molar-refractivity contribution in [3.63, 3.8) is 0 Å². The number of aromatic carboxylic acids is 1. The number of carbonyl (C=O) groups is 1. The van der Waals surface area contributed by atoms with E-state index in [2.05, 4.69) is 0 Å². The highest BCUT2D eigenvalue weighted by Crippen LogP contribution is 2.50. The van der Waals surface area contributed by atoms with Gasteiger partial charge in [-0.15, -0.1) is 0 Å². The highest BCUT2D eigenvalue weighted by atomic mass is 16.7. The van der Waals surface area contributed by atoms with Gasteiger partial charge in [0.05, 0.1) is 0 Å². The number of rotatable bonds is 8. The van der Waals surface area contributed by atoms with Crippen LogP contribution in [-0.4, -0.2) is 38.9 Å². The number of carboxylic acid groups (broad SMARTS) is 1. The van der Waals surface area contributed by atoms with Crippen molar-refractivity contribution in [3.05, 3.63) is 22.8 Å². The van der Waals surface area contributed by atoms with Gasteiger partial charge in [-0.1, -0.05) is 0 Å². The van der Waals surface area contributed by atoms with E-state index in [1.165, 1.54) is 14.2 Å². The summed E-state index contributed by atoms with van der Waals surface area (Å²) in [5.74, 6) is 0.215. The Labute approximate surface area is 123 Å².